The van der Waals surface area contributed by atoms with E-state index < -0.39 is 24.9 Å². The first-order chi connectivity index (χ1) is 7.91. The summed E-state index contributed by atoms with van der Waals surface area (Å²) in [7, 11) is -6.90. The summed E-state index contributed by atoms with van der Waals surface area (Å²) in [5.41, 5.74) is 0.516. The first kappa shape index (κ1) is 12.3. The van der Waals surface area contributed by atoms with Gasteiger partial charge in [0.25, 0.3) is 0 Å². The van der Waals surface area contributed by atoms with Gasteiger partial charge < -0.3 is 0 Å². The lowest BCUT2D eigenvalue weighted by Gasteiger charge is -2.13. The molecule has 0 radical (unpaired) electrons. The molecule has 6 heteroatoms. The molecule has 0 aromatic heterocycles. The minimum Gasteiger partial charge on any atom is -0.228 e. The van der Waals surface area contributed by atoms with Gasteiger partial charge in [0.2, 0.25) is 0 Å². The van der Waals surface area contributed by atoms with Crippen molar-refractivity contribution in [2.45, 2.75) is 5.25 Å². The van der Waals surface area contributed by atoms with Crippen LogP contribution in [0, 0.1) is 0 Å². The summed E-state index contributed by atoms with van der Waals surface area (Å²) >= 11 is 0. The summed E-state index contributed by atoms with van der Waals surface area (Å²) in [6.45, 7) is 0. The Balaban J connectivity index is 2.53. The zero-order valence-electron chi connectivity index (χ0n) is 8.98. The van der Waals surface area contributed by atoms with Crippen molar-refractivity contribution < 1.29 is 16.8 Å². The van der Waals surface area contributed by atoms with Crippen LogP contribution in [0.4, 0.5) is 0 Å². The third kappa shape index (κ3) is 2.76. The molecular weight excluding hydrogens is 260 g/mol. The molecule has 0 fully saturated rings. The van der Waals surface area contributed by atoms with Crippen molar-refractivity contribution in [3.63, 3.8) is 0 Å². The van der Waals surface area contributed by atoms with Gasteiger partial charge in [-0.15, -0.1) is 0 Å². The Morgan fingerprint density at radius 2 is 1.65 bits per heavy atom. The molecule has 1 atom stereocenters. The summed E-state index contributed by atoms with van der Waals surface area (Å²) in [6.07, 6.45) is 1.20. The molecule has 1 aliphatic heterocycles. The lowest BCUT2D eigenvalue weighted by molar-refractivity contribution is 0.584. The summed E-state index contributed by atoms with van der Waals surface area (Å²) in [4.78, 5) is 0. The van der Waals surface area contributed by atoms with Crippen molar-refractivity contribution in [1.29, 1.82) is 0 Å². The lowest BCUT2D eigenvalue weighted by Crippen LogP contribution is -2.20. The van der Waals surface area contributed by atoms with E-state index in [0.717, 1.165) is 5.41 Å². The summed E-state index contributed by atoms with van der Waals surface area (Å²) in [5.74, 6) is -0.568. The van der Waals surface area contributed by atoms with Crippen LogP contribution >= 0.6 is 0 Å². The standard InChI is InChI=1S/C11H12O4S2/c12-16(13)7-4-8-17(14,15)11(9-16)10-5-2-1-3-6-10/h1-6,8,11H,7,9H2. The molecule has 0 amide bonds. The Morgan fingerprint density at radius 3 is 2.29 bits per heavy atom. The van der Waals surface area contributed by atoms with E-state index >= 15 is 0 Å². The van der Waals surface area contributed by atoms with E-state index in [1.165, 1.54) is 6.08 Å². The van der Waals surface area contributed by atoms with E-state index in [0.29, 0.717) is 5.56 Å². The Hall–Kier alpha value is -1.14. The van der Waals surface area contributed by atoms with Gasteiger partial charge >= 0.3 is 0 Å². The van der Waals surface area contributed by atoms with Crippen LogP contribution in [0.5, 0.6) is 0 Å². The maximum atomic E-state index is 11.9. The number of hydrogen-bond donors (Lipinski definition) is 0. The molecule has 92 valence electrons. The summed E-state index contributed by atoms with van der Waals surface area (Å²) in [5, 5.41) is 0.0160. The quantitative estimate of drug-likeness (QED) is 0.767. The van der Waals surface area contributed by atoms with E-state index in [2.05, 4.69) is 0 Å². The van der Waals surface area contributed by atoms with Gasteiger partial charge in [0.05, 0.1) is 11.5 Å². The molecule has 0 bridgehead atoms. The summed E-state index contributed by atoms with van der Waals surface area (Å²) < 4.78 is 47.1. The fourth-order valence-electron chi connectivity index (χ4n) is 1.76. The second kappa shape index (κ2) is 4.27. The fraction of sp³-hybridized carbons (Fsp3) is 0.273. The van der Waals surface area contributed by atoms with Gasteiger partial charge in [-0.1, -0.05) is 36.4 Å². The van der Waals surface area contributed by atoms with Crippen molar-refractivity contribution in [1.82, 2.24) is 0 Å². The third-order valence-electron chi connectivity index (χ3n) is 2.61. The van der Waals surface area contributed by atoms with Gasteiger partial charge in [-0.3, -0.25) is 0 Å². The molecule has 0 saturated heterocycles. The van der Waals surface area contributed by atoms with Crippen molar-refractivity contribution in [3.8, 4) is 0 Å². The Bertz CT molecular complexity index is 627. The number of hydrogen-bond acceptors (Lipinski definition) is 4. The minimum atomic E-state index is -3.54. The average molecular weight is 272 g/mol. The van der Waals surface area contributed by atoms with Crippen molar-refractivity contribution in [2.75, 3.05) is 11.5 Å². The van der Waals surface area contributed by atoms with Crippen LogP contribution in [-0.4, -0.2) is 28.3 Å². The lowest BCUT2D eigenvalue weighted by atomic mass is 10.2. The van der Waals surface area contributed by atoms with Crippen molar-refractivity contribution in [2.24, 2.45) is 0 Å². The molecule has 0 spiro atoms. The molecular formula is C11H12O4S2. The Labute approximate surface area is 101 Å². The van der Waals surface area contributed by atoms with Gasteiger partial charge in [0.1, 0.15) is 5.25 Å². The van der Waals surface area contributed by atoms with E-state index in [1.54, 1.807) is 30.3 Å². The second-order valence-corrected chi connectivity index (χ2v) is 8.11. The second-order valence-electron chi connectivity index (χ2n) is 3.94. The predicted molar refractivity (Wildman–Crippen MR) is 65.9 cm³/mol. The van der Waals surface area contributed by atoms with Crippen LogP contribution < -0.4 is 0 Å². The largest absolute Gasteiger partial charge is 0.228 e. The van der Waals surface area contributed by atoms with Crippen LogP contribution in [0.25, 0.3) is 0 Å². The van der Waals surface area contributed by atoms with E-state index in [4.69, 9.17) is 0 Å². The highest BCUT2D eigenvalue weighted by Gasteiger charge is 2.32. The van der Waals surface area contributed by atoms with E-state index in [1.807, 2.05) is 0 Å². The highest BCUT2D eigenvalue weighted by molar-refractivity contribution is 7.97. The van der Waals surface area contributed by atoms with Crippen molar-refractivity contribution >= 4 is 19.7 Å². The normalized spacial score (nSPS) is 26.2. The van der Waals surface area contributed by atoms with E-state index in [-0.39, 0.29) is 11.5 Å². The third-order valence-corrected chi connectivity index (χ3v) is 6.17. The average Bonchev–Trinajstić information content (AvgIpc) is 2.36. The maximum absolute atomic E-state index is 11.9. The molecule has 1 aromatic carbocycles. The number of benzene rings is 1. The van der Waals surface area contributed by atoms with E-state index in [9.17, 15) is 16.8 Å². The maximum Gasteiger partial charge on any atom is 0.179 e. The highest BCUT2D eigenvalue weighted by atomic mass is 32.2. The Morgan fingerprint density at radius 1 is 1.00 bits per heavy atom. The SMILES string of the molecule is O=S1(=O)CC=CS(=O)(=O)C(c2ccccc2)C1. The van der Waals surface area contributed by atoms with Crippen molar-refractivity contribution in [3.05, 3.63) is 47.4 Å². The van der Waals surface area contributed by atoms with Gasteiger partial charge in [-0.25, -0.2) is 16.8 Å². The predicted octanol–water partition coefficient (Wildman–Crippen LogP) is 1.08. The van der Waals surface area contributed by atoms with Gasteiger partial charge in [-0.2, -0.15) is 0 Å². The highest BCUT2D eigenvalue weighted by Crippen LogP contribution is 2.27. The zero-order valence-corrected chi connectivity index (χ0v) is 10.6. The van der Waals surface area contributed by atoms with Gasteiger partial charge in [0, 0.05) is 5.41 Å². The van der Waals surface area contributed by atoms with Gasteiger partial charge in [-0.05, 0) is 5.56 Å². The molecule has 17 heavy (non-hydrogen) atoms. The number of rotatable bonds is 1. The smallest absolute Gasteiger partial charge is 0.179 e. The first-order valence-corrected chi connectivity index (χ1v) is 8.50. The van der Waals surface area contributed by atoms with Crippen LogP contribution in [0.3, 0.4) is 0 Å². The Kier molecular flexibility index (Phi) is 3.09. The van der Waals surface area contributed by atoms with Crippen LogP contribution in [0.15, 0.2) is 41.8 Å². The summed E-state index contributed by atoms with van der Waals surface area (Å²) in [6, 6.07) is 8.43. The fourth-order valence-corrected chi connectivity index (χ4v) is 5.53. The monoisotopic (exact) mass is 272 g/mol. The minimum absolute atomic E-state index is 0.213. The zero-order chi connectivity index (χ0) is 12.5. The molecule has 2 rings (SSSR count). The molecule has 1 aliphatic rings. The van der Waals surface area contributed by atoms with Crippen LogP contribution in [-0.2, 0) is 19.7 Å². The topological polar surface area (TPSA) is 68.3 Å². The van der Waals surface area contributed by atoms with Crippen LogP contribution in [0.1, 0.15) is 10.8 Å². The molecule has 1 heterocycles. The molecule has 4 nitrogen and oxygen atoms in total. The molecule has 0 saturated carbocycles. The molecule has 0 aliphatic carbocycles. The molecule has 0 N–H and O–H groups in total. The molecule has 1 aromatic rings. The molecule has 1 unspecified atom stereocenters. The number of sulfone groups is 2. The van der Waals surface area contributed by atoms with Gasteiger partial charge in [0.15, 0.2) is 19.7 Å². The van der Waals surface area contributed by atoms with Crippen LogP contribution in [0.2, 0.25) is 0 Å². The first-order valence-electron chi connectivity index (χ1n) is 5.06.